The van der Waals surface area contributed by atoms with Crippen molar-refractivity contribution >= 4 is 11.9 Å². The monoisotopic (exact) mass is 303 g/mol. The van der Waals surface area contributed by atoms with Crippen LogP contribution in [0.5, 0.6) is 0 Å². The number of ketones is 1. The molecule has 0 unspecified atom stereocenters. The maximum Gasteiger partial charge on any atom is 0.407 e. The van der Waals surface area contributed by atoms with Gasteiger partial charge in [-0.15, -0.1) is 0 Å². The first kappa shape index (κ1) is 15.9. The molecule has 1 heterocycles. The lowest BCUT2D eigenvalue weighted by molar-refractivity contribution is 0.0930. The van der Waals surface area contributed by atoms with Crippen LogP contribution >= 0.6 is 0 Å². The number of nitrogens with zero attached hydrogens (tertiary/aromatic N) is 3. The molecule has 0 aromatic heterocycles. The molecular weight excluding hydrogens is 282 g/mol. The SMILES string of the molecule is CN(C)C=C(C(=O)c1ccccc1)N1CCN(C(=O)O)CC1. The van der Waals surface area contributed by atoms with Crippen molar-refractivity contribution in [2.75, 3.05) is 40.3 Å². The first-order chi connectivity index (χ1) is 10.5. The van der Waals surface area contributed by atoms with E-state index in [0.29, 0.717) is 37.4 Å². The standard InChI is InChI=1S/C16H21N3O3/c1-17(2)12-14(15(20)13-6-4-3-5-7-13)18-8-10-19(11-9-18)16(21)22/h3-7,12H,8-11H2,1-2H3,(H,21,22). The lowest BCUT2D eigenvalue weighted by Gasteiger charge is -2.35. The lowest BCUT2D eigenvalue weighted by Crippen LogP contribution is -2.48. The zero-order valence-electron chi connectivity index (χ0n) is 12.9. The Kier molecular flexibility index (Phi) is 5.04. The Morgan fingerprint density at radius 1 is 1.05 bits per heavy atom. The van der Waals surface area contributed by atoms with Crippen molar-refractivity contribution in [1.82, 2.24) is 14.7 Å². The molecule has 1 aromatic rings. The van der Waals surface area contributed by atoms with Gasteiger partial charge in [0.25, 0.3) is 0 Å². The Bertz CT molecular complexity index is 561. The number of rotatable bonds is 4. The average molecular weight is 303 g/mol. The van der Waals surface area contributed by atoms with Crippen LogP contribution < -0.4 is 0 Å². The normalized spacial score (nSPS) is 15.6. The molecule has 1 N–H and O–H groups in total. The molecule has 0 atom stereocenters. The molecule has 0 saturated carbocycles. The minimum atomic E-state index is -0.910. The highest BCUT2D eigenvalue weighted by Crippen LogP contribution is 2.16. The maximum atomic E-state index is 12.7. The van der Waals surface area contributed by atoms with Gasteiger partial charge in [-0.1, -0.05) is 30.3 Å². The summed E-state index contributed by atoms with van der Waals surface area (Å²) in [6.45, 7) is 1.85. The molecule has 22 heavy (non-hydrogen) atoms. The van der Waals surface area contributed by atoms with Crippen LogP contribution in [-0.4, -0.2) is 72.0 Å². The second-order valence-corrected chi connectivity index (χ2v) is 5.43. The Morgan fingerprint density at radius 2 is 1.59 bits per heavy atom. The summed E-state index contributed by atoms with van der Waals surface area (Å²) < 4.78 is 0. The molecule has 1 saturated heterocycles. The molecule has 0 spiro atoms. The Morgan fingerprint density at radius 3 is 2.09 bits per heavy atom. The summed E-state index contributed by atoms with van der Waals surface area (Å²) in [6.07, 6.45) is 0.887. The fourth-order valence-corrected chi connectivity index (χ4v) is 2.40. The van der Waals surface area contributed by atoms with E-state index in [0.717, 1.165) is 0 Å². The molecule has 1 amide bonds. The number of hydrogen-bond donors (Lipinski definition) is 1. The van der Waals surface area contributed by atoms with Gasteiger partial charge in [0.2, 0.25) is 5.78 Å². The number of hydrogen-bond acceptors (Lipinski definition) is 4. The molecule has 1 aliphatic heterocycles. The molecule has 2 rings (SSSR count). The largest absolute Gasteiger partial charge is 0.465 e. The summed E-state index contributed by atoms with van der Waals surface area (Å²) in [5.41, 5.74) is 1.23. The third-order valence-corrected chi connectivity index (χ3v) is 3.54. The molecule has 6 heteroatoms. The van der Waals surface area contributed by atoms with Gasteiger partial charge in [0.1, 0.15) is 5.70 Å². The van der Waals surface area contributed by atoms with Crippen LogP contribution in [0.25, 0.3) is 0 Å². The smallest absolute Gasteiger partial charge is 0.407 e. The van der Waals surface area contributed by atoms with E-state index in [-0.39, 0.29) is 5.78 Å². The van der Waals surface area contributed by atoms with Crippen LogP contribution in [0.15, 0.2) is 42.2 Å². The molecule has 1 aromatic carbocycles. The highest BCUT2D eigenvalue weighted by atomic mass is 16.4. The first-order valence-electron chi connectivity index (χ1n) is 7.20. The van der Waals surface area contributed by atoms with E-state index in [1.165, 1.54) is 4.90 Å². The summed E-state index contributed by atoms with van der Waals surface area (Å²) in [6, 6.07) is 9.13. The number of benzene rings is 1. The number of carbonyl (C=O) groups is 2. The lowest BCUT2D eigenvalue weighted by atomic mass is 10.1. The number of carboxylic acid groups (broad SMARTS) is 1. The van der Waals surface area contributed by atoms with E-state index < -0.39 is 6.09 Å². The van der Waals surface area contributed by atoms with Gasteiger partial charge >= 0.3 is 6.09 Å². The third kappa shape index (κ3) is 3.78. The van der Waals surface area contributed by atoms with Gasteiger partial charge in [0, 0.05) is 52.0 Å². The van der Waals surface area contributed by atoms with Crippen LogP contribution in [-0.2, 0) is 0 Å². The van der Waals surface area contributed by atoms with Crippen LogP contribution in [0.4, 0.5) is 4.79 Å². The quantitative estimate of drug-likeness (QED) is 0.675. The van der Waals surface area contributed by atoms with Crippen LogP contribution in [0.2, 0.25) is 0 Å². The molecule has 0 aliphatic carbocycles. The van der Waals surface area contributed by atoms with Crippen LogP contribution in [0.3, 0.4) is 0 Å². The van der Waals surface area contributed by atoms with Crippen molar-refractivity contribution in [3.05, 3.63) is 47.8 Å². The van der Waals surface area contributed by atoms with Gasteiger partial charge in [-0.05, 0) is 0 Å². The number of carbonyl (C=O) groups excluding carboxylic acids is 1. The summed E-state index contributed by atoms with van der Waals surface area (Å²) in [5, 5.41) is 9.01. The van der Waals surface area contributed by atoms with Gasteiger partial charge in [-0.2, -0.15) is 0 Å². The highest BCUT2D eigenvalue weighted by Gasteiger charge is 2.25. The van der Waals surface area contributed by atoms with Gasteiger partial charge in [-0.25, -0.2) is 4.79 Å². The number of allylic oxidation sites excluding steroid dienone is 1. The minimum Gasteiger partial charge on any atom is -0.465 e. The zero-order chi connectivity index (χ0) is 16.1. The number of Topliss-reactive ketones (excluding diaryl/α,β-unsaturated/α-hetero) is 1. The Balaban J connectivity index is 2.18. The van der Waals surface area contributed by atoms with E-state index in [4.69, 9.17) is 5.11 Å². The summed E-state index contributed by atoms with van der Waals surface area (Å²) in [4.78, 5) is 28.9. The fourth-order valence-electron chi connectivity index (χ4n) is 2.40. The average Bonchev–Trinajstić information content (AvgIpc) is 2.53. The highest BCUT2D eigenvalue weighted by molar-refractivity contribution is 6.08. The van der Waals surface area contributed by atoms with Crippen LogP contribution in [0.1, 0.15) is 10.4 Å². The maximum absolute atomic E-state index is 12.7. The summed E-state index contributed by atoms with van der Waals surface area (Å²) in [5.74, 6) is -0.0434. The van der Waals surface area contributed by atoms with Crippen molar-refractivity contribution in [3.63, 3.8) is 0 Å². The third-order valence-electron chi connectivity index (χ3n) is 3.54. The van der Waals surface area contributed by atoms with E-state index >= 15 is 0 Å². The molecular formula is C16H21N3O3. The van der Waals surface area contributed by atoms with Gasteiger partial charge in [-0.3, -0.25) is 4.79 Å². The van der Waals surface area contributed by atoms with E-state index in [1.807, 2.05) is 42.1 Å². The van der Waals surface area contributed by atoms with Gasteiger partial charge in [0.15, 0.2) is 0 Å². The molecule has 0 radical (unpaired) electrons. The van der Waals surface area contributed by atoms with Gasteiger partial charge in [0.05, 0.1) is 0 Å². The van der Waals surface area contributed by atoms with Crippen LogP contribution in [0, 0.1) is 0 Å². The molecule has 1 fully saturated rings. The number of piperazine rings is 1. The van der Waals surface area contributed by atoms with E-state index in [1.54, 1.807) is 18.3 Å². The minimum absolute atomic E-state index is 0.0434. The molecule has 118 valence electrons. The second kappa shape index (κ2) is 6.98. The predicted octanol–water partition coefficient (Wildman–Crippen LogP) is 1.57. The Hall–Kier alpha value is -2.50. The van der Waals surface area contributed by atoms with E-state index in [2.05, 4.69) is 0 Å². The van der Waals surface area contributed by atoms with Gasteiger partial charge < -0.3 is 19.8 Å². The molecule has 1 aliphatic rings. The summed E-state index contributed by atoms with van der Waals surface area (Å²) >= 11 is 0. The second-order valence-electron chi connectivity index (χ2n) is 5.43. The molecule has 0 bridgehead atoms. The van der Waals surface area contributed by atoms with Crippen molar-refractivity contribution in [1.29, 1.82) is 0 Å². The van der Waals surface area contributed by atoms with Crippen molar-refractivity contribution < 1.29 is 14.7 Å². The summed E-state index contributed by atoms with van der Waals surface area (Å²) in [7, 11) is 3.73. The predicted molar refractivity (Wildman–Crippen MR) is 83.7 cm³/mol. The first-order valence-corrected chi connectivity index (χ1v) is 7.20. The number of amides is 1. The van der Waals surface area contributed by atoms with Crippen molar-refractivity contribution in [2.45, 2.75) is 0 Å². The van der Waals surface area contributed by atoms with Crippen molar-refractivity contribution in [3.8, 4) is 0 Å². The fraction of sp³-hybridized carbons (Fsp3) is 0.375. The topological polar surface area (TPSA) is 64.1 Å². The zero-order valence-corrected chi connectivity index (χ0v) is 12.9. The van der Waals surface area contributed by atoms with Crippen molar-refractivity contribution in [2.24, 2.45) is 0 Å². The molecule has 6 nitrogen and oxygen atoms in total. The van der Waals surface area contributed by atoms with E-state index in [9.17, 15) is 9.59 Å². The Labute approximate surface area is 130 Å².